The van der Waals surface area contributed by atoms with Crippen LogP contribution >= 0.6 is 0 Å². The zero-order valence-electron chi connectivity index (χ0n) is 14.0. The maximum Gasteiger partial charge on any atom is 0.243 e. The first-order valence-electron chi connectivity index (χ1n) is 8.30. The smallest absolute Gasteiger partial charge is 0.243 e. The molecule has 0 aliphatic carbocycles. The molecule has 0 aromatic heterocycles. The van der Waals surface area contributed by atoms with E-state index in [2.05, 4.69) is 6.92 Å². The van der Waals surface area contributed by atoms with E-state index in [9.17, 15) is 13.2 Å². The van der Waals surface area contributed by atoms with Gasteiger partial charge in [0.25, 0.3) is 0 Å². The number of amides is 1. The molecule has 1 saturated heterocycles. The number of benzene rings is 1. The van der Waals surface area contributed by atoms with E-state index < -0.39 is 10.0 Å². The van der Waals surface area contributed by atoms with Crippen LogP contribution in [0.15, 0.2) is 29.2 Å². The van der Waals surface area contributed by atoms with E-state index in [0.717, 1.165) is 18.4 Å². The normalized spacial score (nSPS) is 17.0. The van der Waals surface area contributed by atoms with Gasteiger partial charge >= 0.3 is 0 Å². The summed E-state index contributed by atoms with van der Waals surface area (Å²) in [6.07, 6.45) is 3.12. The second-order valence-electron chi connectivity index (χ2n) is 6.01. The molecule has 0 saturated carbocycles. The third-order valence-electron chi connectivity index (χ3n) is 4.26. The van der Waals surface area contributed by atoms with Crippen LogP contribution in [0.5, 0.6) is 0 Å². The van der Waals surface area contributed by atoms with Gasteiger partial charge in [-0.25, -0.2) is 8.42 Å². The van der Waals surface area contributed by atoms with Gasteiger partial charge in [-0.3, -0.25) is 4.79 Å². The van der Waals surface area contributed by atoms with Gasteiger partial charge in [-0.05, 0) is 31.4 Å². The lowest BCUT2D eigenvalue weighted by molar-refractivity contribution is -0.131. The fourth-order valence-corrected chi connectivity index (χ4v) is 4.55. The van der Waals surface area contributed by atoms with Crippen molar-refractivity contribution in [1.29, 1.82) is 0 Å². The van der Waals surface area contributed by atoms with Crippen molar-refractivity contribution in [3.05, 3.63) is 29.8 Å². The number of aryl methyl sites for hydroxylation is 1. The molecular weight excluding hydrogens is 312 g/mol. The molecule has 1 aromatic rings. The van der Waals surface area contributed by atoms with E-state index in [0.29, 0.717) is 43.9 Å². The van der Waals surface area contributed by atoms with Crippen LogP contribution < -0.4 is 0 Å². The average molecular weight is 338 g/mol. The van der Waals surface area contributed by atoms with E-state index in [-0.39, 0.29) is 5.91 Å². The van der Waals surface area contributed by atoms with Gasteiger partial charge in [-0.1, -0.05) is 31.5 Å². The quantitative estimate of drug-likeness (QED) is 0.828. The maximum atomic E-state index is 12.8. The number of sulfonamides is 1. The van der Waals surface area contributed by atoms with Crippen molar-refractivity contribution in [1.82, 2.24) is 9.21 Å². The molecular formula is C17H26N2O3S. The van der Waals surface area contributed by atoms with Crippen LogP contribution in [0, 0.1) is 6.92 Å². The molecule has 6 heteroatoms. The van der Waals surface area contributed by atoms with Crippen LogP contribution in [-0.4, -0.2) is 49.7 Å². The Balaban J connectivity index is 2.08. The summed E-state index contributed by atoms with van der Waals surface area (Å²) in [5, 5.41) is 0. The summed E-state index contributed by atoms with van der Waals surface area (Å²) >= 11 is 0. The number of rotatable bonds is 5. The molecule has 2 rings (SSSR count). The summed E-state index contributed by atoms with van der Waals surface area (Å²) in [4.78, 5) is 14.3. The summed E-state index contributed by atoms with van der Waals surface area (Å²) in [5.74, 6) is 0.141. The number of carbonyl (C=O) groups excluding carboxylic acids is 1. The van der Waals surface area contributed by atoms with Crippen LogP contribution in [0.3, 0.4) is 0 Å². The van der Waals surface area contributed by atoms with Crippen LogP contribution in [0.4, 0.5) is 0 Å². The Morgan fingerprint density at radius 2 is 1.87 bits per heavy atom. The predicted octanol–water partition coefficient (Wildman–Crippen LogP) is 2.41. The van der Waals surface area contributed by atoms with Gasteiger partial charge in [0.1, 0.15) is 0 Å². The van der Waals surface area contributed by atoms with Gasteiger partial charge in [0.15, 0.2) is 0 Å². The molecule has 5 nitrogen and oxygen atoms in total. The van der Waals surface area contributed by atoms with Crippen LogP contribution in [0.25, 0.3) is 0 Å². The highest BCUT2D eigenvalue weighted by molar-refractivity contribution is 7.89. The summed E-state index contributed by atoms with van der Waals surface area (Å²) in [7, 11) is -3.49. The van der Waals surface area contributed by atoms with Gasteiger partial charge in [-0.15, -0.1) is 0 Å². The molecule has 128 valence electrons. The lowest BCUT2D eigenvalue weighted by Crippen LogP contribution is -2.37. The molecule has 0 atom stereocenters. The fourth-order valence-electron chi connectivity index (χ4n) is 2.85. The Kier molecular flexibility index (Phi) is 6.18. The topological polar surface area (TPSA) is 57.7 Å². The first kappa shape index (κ1) is 17.9. The largest absolute Gasteiger partial charge is 0.341 e. The highest BCUT2D eigenvalue weighted by Crippen LogP contribution is 2.21. The van der Waals surface area contributed by atoms with Crippen molar-refractivity contribution in [3.63, 3.8) is 0 Å². The Labute approximate surface area is 139 Å². The molecule has 1 aliphatic rings. The Morgan fingerprint density at radius 1 is 1.13 bits per heavy atom. The average Bonchev–Trinajstić information content (AvgIpc) is 2.79. The van der Waals surface area contributed by atoms with E-state index in [1.54, 1.807) is 12.1 Å². The molecule has 1 fully saturated rings. The van der Waals surface area contributed by atoms with E-state index in [1.807, 2.05) is 24.0 Å². The Bertz CT molecular complexity index is 643. The van der Waals surface area contributed by atoms with Gasteiger partial charge in [0.2, 0.25) is 15.9 Å². The summed E-state index contributed by atoms with van der Waals surface area (Å²) in [5.41, 5.74) is 0.757. The predicted molar refractivity (Wildman–Crippen MR) is 90.7 cm³/mol. The van der Waals surface area contributed by atoms with Crippen molar-refractivity contribution in [2.24, 2.45) is 0 Å². The lowest BCUT2D eigenvalue weighted by atomic mass is 10.2. The minimum absolute atomic E-state index is 0.141. The minimum atomic E-state index is -3.49. The van der Waals surface area contributed by atoms with E-state index in [4.69, 9.17) is 0 Å². The third kappa shape index (κ3) is 4.32. The first-order valence-corrected chi connectivity index (χ1v) is 9.74. The summed E-state index contributed by atoms with van der Waals surface area (Å²) in [6, 6.07) is 7.05. The van der Waals surface area contributed by atoms with E-state index >= 15 is 0 Å². The molecule has 1 aromatic carbocycles. The number of nitrogens with zero attached hydrogens (tertiary/aromatic N) is 2. The second-order valence-corrected chi connectivity index (χ2v) is 7.91. The SMILES string of the molecule is CCCCC(=O)N1CCCN(S(=O)(=O)c2ccccc2C)CC1. The standard InChI is InChI=1S/C17H26N2O3S/c1-3-4-10-17(20)18-11-7-12-19(14-13-18)23(21,22)16-9-6-5-8-15(16)2/h5-6,8-9H,3-4,7,10-14H2,1-2H3. The van der Waals surface area contributed by atoms with Crippen molar-refractivity contribution < 1.29 is 13.2 Å². The molecule has 1 aliphatic heterocycles. The van der Waals surface area contributed by atoms with Gasteiger partial charge in [0.05, 0.1) is 4.90 Å². The number of unbranched alkanes of at least 4 members (excludes halogenated alkanes) is 1. The molecule has 0 bridgehead atoms. The van der Waals surface area contributed by atoms with Crippen molar-refractivity contribution >= 4 is 15.9 Å². The minimum Gasteiger partial charge on any atom is -0.341 e. The van der Waals surface area contributed by atoms with Crippen molar-refractivity contribution in [2.75, 3.05) is 26.2 Å². The number of hydrogen-bond acceptors (Lipinski definition) is 3. The zero-order valence-corrected chi connectivity index (χ0v) is 14.8. The zero-order chi connectivity index (χ0) is 16.9. The summed E-state index contributed by atoms with van der Waals surface area (Å²) < 4.78 is 27.2. The van der Waals surface area contributed by atoms with Crippen LogP contribution in [-0.2, 0) is 14.8 Å². The summed E-state index contributed by atoms with van der Waals surface area (Å²) in [6.45, 7) is 5.83. The highest BCUT2D eigenvalue weighted by Gasteiger charge is 2.28. The number of carbonyl (C=O) groups is 1. The Hall–Kier alpha value is -1.40. The van der Waals surface area contributed by atoms with Crippen LogP contribution in [0.2, 0.25) is 0 Å². The van der Waals surface area contributed by atoms with Crippen molar-refractivity contribution in [3.8, 4) is 0 Å². The molecule has 0 unspecified atom stereocenters. The highest BCUT2D eigenvalue weighted by atomic mass is 32.2. The van der Waals surface area contributed by atoms with Crippen molar-refractivity contribution in [2.45, 2.75) is 44.4 Å². The number of hydrogen-bond donors (Lipinski definition) is 0. The lowest BCUT2D eigenvalue weighted by Gasteiger charge is -2.22. The molecule has 23 heavy (non-hydrogen) atoms. The molecule has 1 heterocycles. The van der Waals surface area contributed by atoms with Crippen LogP contribution in [0.1, 0.15) is 38.2 Å². The fraction of sp³-hybridized carbons (Fsp3) is 0.588. The van der Waals surface area contributed by atoms with E-state index in [1.165, 1.54) is 4.31 Å². The second kappa shape index (κ2) is 7.93. The third-order valence-corrected chi connectivity index (χ3v) is 6.32. The van der Waals surface area contributed by atoms with Gasteiger partial charge in [0, 0.05) is 32.6 Å². The van der Waals surface area contributed by atoms with Gasteiger partial charge < -0.3 is 4.90 Å². The molecule has 0 spiro atoms. The molecule has 0 N–H and O–H groups in total. The molecule has 1 amide bonds. The first-order chi connectivity index (χ1) is 11.0. The monoisotopic (exact) mass is 338 g/mol. The molecule has 0 radical (unpaired) electrons. The van der Waals surface area contributed by atoms with Gasteiger partial charge in [-0.2, -0.15) is 4.31 Å². The maximum absolute atomic E-state index is 12.8. The Morgan fingerprint density at radius 3 is 2.57 bits per heavy atom.